The van der Waals surface area contributed by atoms with E-state index in [2.05, 4.69) is 32.6 Å². The molecule has 0 spiro atoms. The molecule has 1 rings (SSSR count). The van der Waals surface area contributed by atoms with E-state index in [0.717, 1.165) is 10.2 Å². The van der Waals surface area contributed by atoms with Gasteiger partial charge in [0.2, 0.25) is 5.91 Å². The SMILES string of the molecule is CCNC(=O)CCNc1ccc(Br)cc1C. The van der Waals surface area contributed by atoms with Gasteiger partial charge in [0.1, 0.15) is 0 Å². The van der Waals surface area contributed by atoms with Crippen LogP contribution in [0.3, 0.4) is 0 Å². The highest BCUT2D eigenvalue weighted by atomic mass is 79.9. The van der Waals surface area contributed by atoms with Crippen LogP contribution in [0.2, 0.25) is 0 Å². The first kappa shape index (κ1) is 13.0. The Hall–Kier alpha value is -1.03. The van der Waals surface area contributed by atoms with Crippen LogP contribution in [0.5, 0.6) is 0 Å². The topological polar surface area (TPSA) is 41.1 Å². The van der Waals surface area contributed by atoms with Gasteiger partial charge in [0.05, 0.1) is 0 Å². The molecule has 16 heavy (non-hydrogen) atoms. The molecule has 0 atom stereocenters. The van der Waals surface area contributed by atoms with Crippen molar-refractivity contribution in [3.63, 3.8) is 0 Å². The Morgan fingerprint density at radius 2 is 2.19 bits per heavy atom. The highest BCUT2D eigenvalue weighted by Gasteiger charge is 2.01. The van der Waals surface area contributed by atoms with Crippen LogP contribution in [0.4, 0.5) is 5.69 Å². The lowest BCUT2D eigenvalue weighted by molar-refractivity contribution is -0.120. The van der Waals surface area contributed by atoms with Crippen molar-refractivity contribution < 1.29 is 4.79 Å². The van der Waals surface area contributed by atoms with E-state index in [1.807, 2.05) is 26.0 Å². The average molecular weight is 285 g/mol. The fourth-order valence-corrected chi connectivity index (χ4v) is 1.90. The number of amides is 1. The van der Waals surface area contributed by atoms with Crippen LogP contribution in [-0.4, -0.2) is 19.0 Å². The van der Waals surface area contributed by atoms with Crippen LogP contribution in [0.1, 0.15) is 18.9 Å². The number of carbonyl (C=O) groups is 1. The van der Waals surface area contributed by atoms with Crippen molar-refractivity contribution in [1.29, 1.82) is 0 Å². The number of aryl methyl sites for hydroxylation is 1. The summed E-state index contributed by atoms with van der Waals surface area (Å²) in [7, 11) is 0. The van der Waals surface area contributed by atoms with E-state index in [1.165, 1.54) is 5.56 Å². The summed E-state index contributed by atoms with van der Waals surface area (Å²) in [5, 5.41) is 6.02. The molecule has 0 aliphatic rings. The van der Waals surface area contributed by atoms with Crippen LogP contribution in [0.15, 0.2) is 22.7 Å². The minimum atomic E-state index is 0.0877. The Morgan fingerprint density at radius 1 is 1.44 bits per heavy atom. The summed E-state index contributed by atoms with van der Waals surface area (Å²) in [5.74, 6) is 0.0877. The smallest absolute Gasteiger partial charge is 0.221 e. The third-order valence-corrected chi connectivity index (χ3v) is 2.72. The minimum Gasteiger partial charge on any atom is -0.384 e. The molecule has 3 nitrogen and oxygen atoms in total. The molecule has 0 unspecified atom stereocenters. The Balaban J connectivity index is 2.40. The quantitative estimate of drug-likeness (QED) is 0.873. The predicted molar refractivity (Wildman–Crippen MR) is 70.7 cm³/mol. The van der Waals surface area contributed by atoms with Gasteiger partial charge < -0.3 is 10.6 Å². The molecule has 0 radical (unpaired) electrons. The van der Waals surface area contributed by atoms with Gasteiger partial charge in [0.25, 0.3) is 0 Å². The molecule has 4 heteroatoms. The molecule has 2 N–H and O–H groups in total. The highest BCUT2D eigenvalue weighted by Crippen LogP contribution is 2.19. The van der Waals surface area contributed by atoms with E-state index >= 15 is 0 Å². The van der Waals surface area contributed by atoms with E-state index in [9.17, 15) is 4.79 Å². The van der Waals surface area contributed by atoms with Crippen molar-refractivity contribution in [1.82, 2.24) is 5.32 Å². The fraction of sp³-hybridized carbons (Fsp3) is 0.417. The van der Waals surface area contributed by atoms with Gasteiger partial charge in [-0.15, -0.1) is 0 Å². The zero-order valence-corrected chi connectivity index (χ0v) is 11.2. The summed E-state index contributed by atoms with van der Waals surface area (Å²) in [4.78, 5) is 11.2. The van der Waals surface area contributed by atoms with Crippen molar-refractivity contribution in [3.8, 4) is 0 Å². The van der Waals surface area contributed by atoms with E-state index in [0.29, 0.717) is 19.5 Å². The van der Waals surface area contributed by atoms with Crippen LogP contribution in [-0.2, 0) is 4.79 Å². The monoisotopic (exact) mass is 284 g/mol. The number of hydrogen-bond acceptors (Lipinski definition) is 2. The Bertz CT molecular complexity index is 366. The Labute approximate surface area is 105 Å². The zero-order valence-electron chi connectivity index (χ0n) is 9.64. The summed E-state index contributed by atoms with van der Waals surface area (Å²) in [5.41, 5.74) is 2.25. The van der Waals surface area contributed by atoms with Gasteiger partial charge in [-0.25, -0.2) is 0 Å². The molecule has 0 aromatic heterocycles. The van der Waals surface area contributed by atoms with Crippen molar-refractivity contribution in [2.75, 3.05) is 18.4 Å². The number of nitrogens with one attached hydrogen (secondary N) is 2. The van der Waals surface area contributed by atoms with E-state index < -0.39 is 0 Å². The predicted octanol–water partition coefficient (Wildman–Crippen LogP) is 2.70. The number of anilines is 1. The molecule has 0 heterocycles. The molecule has 0 bridgehead atoms. The number of hydrogen-bond donors (Lipinski definition) is 2. The molecular weight excluding hydrogens is 268 g/mol. The molecule has 1 aromatic carbocycles. The lowest BCUT2D eigenvalue weighted by Crippen LogP contribution is -2.24. The summed E-state index contributed by atoms with van der Waals surface area (Å²) in [6.45, 7) is 5.31. The van der Waals surface area contributed by atoms with Gasteiger partial charge in [-0.1, -0.05) is 15.9 Å². The first-order valence-corrected chi connectivity index (χ1v) is 6.19. The van der Waals surface area contributed by atoms with Crippen LogP contribution in [0.25, 0.3) is 0 Å². The maximum atomic E-state index is 11.2. The molecule has 0 aliphatic heterocycles. The van der Waals surface area contributed by atoms with Gasteiger partial charge in [0, 0.05) is 29.7 Å². The molecule has 0 aliphatic carbocycles. The highest BCUT2D eigenvalue weighted by molar-refractivity contribution is 9.10. The summed E-state index contributed by atoms with van der Waals surface area (Å²) in [6, 6.07) is 6.05. The Morgan fingerprint density at radius 3 is 2.81 bits per heavy atom. The minimum absolute atomic E-state index is 0.0877. The molecule has 1 aromatic rings. The average Bonchev–Trinajstić information content (AvgIpc) is 2.22. The number of benzene rings is 1. The first-order chi connectivity index (χ1) is 7.63. The van der Waals surface area contributed by atoms with Crippen LogP contribution < -0.4 is 10.6 Å². The molecule has 0 fully saturated rings. The maximum Gasteiger partial charge on any atom is 0.221 e. The fourth-order valence-electron chi connectivity index (χ4n) is 1.42. The second-order valence-corrected chi connectivity index (χ2v) is 4.51. The largest absolute Gasteiger partial charge is 0.384 e. The second kappa shape index (κ2) is 6.53. The zero-order chi connectivity index (χ0) is 12.0. The third kappa shape index (κ3) is 4.23. The van der Waals surface area contributed by atoms with Gasteiger partial charge in [-0.2, -0.15) is 0 Å². The number of halogens is 1. The van der Waals surface area contributed by atoms with Gasteiger partial charge >= 0.3 is 0 Å². The van der Waals surface area contributed by atoms with Crippen molar-refractivity contribution in [2.45, 2.75) is 20.3 Å². The summed E-state index contributed by atoms with van der Waals surface area (Å²) in [6.07, 6.45) is 0.503. The lowest BCUT2D eigenvalue weighted by atomic mass is 10.2. The lowest BCUT2D eigenvalue weighted by Gasteiger charge is -2.09. The van der Waals surface area contributed by atoms with Gasteiger partial charge in [0.15, 0.2) is 0 Å². The normalized spacial score (nSPS) is 9.94. The number of rotatable bonds is 5. The molecule has 0 saturated carbocycles. The Kier molecular flexibility index (Phi) is 5.32. The van der Waals surface area contributed by atoms with Gasteiger partial charge in [-0.05, 0) is 37.6 Å². The third-order valence-electron chi connectivity index (χ3n) is 2.23. The van der Waals surface area contributed by atoms with Crippen molar-refractivity contribution in [3.05, 3.63) is 28.2 Å². The van der Waals surface area contributed by atoms with Crippen LogP contribution in [0, 0.1) is 6.92 Å². The summed E-state index contributed by atoms with van der Waals surface area (Å²) >= 11 is 3.42. The van der Waals surface area contributed by atoms with Gasteiger partial charge in [-0.3, -0.25) is 4.79 Å². The molecule has 0 saturated heterocycles. The van der Waals surface area contributed by atoms with Crippen LogP contribution >= 0.6 is 15.9 Å². The number of carbonyl (C=O) groups excluding carboxylic acids is 1. The standard InChI is InChI=1S/C12H17BrN2O/c1-3-14-12(16)6-7-15-11-5-4-10(13)8-9(11)2/h4-5,8,15H,3,6-7H2,1-2H3,(H,14,16). The molecule has 88 valence electrons. The second-order valence-electron chi connectivity index (χ2n) is 3.59. The van der Waals surface area contributed by atoms with Crippen molar-refractivity contribution >= 4 is 27.5 Å². The molecule has 1 amide bonds. The van der Waals surface area contributed by atoms with E-state index in [1.54, 1.807) is 0 Å². The summed E-state index contributed by atoms with van der Waals surface area (Å²) < 4.78 is 1.07. The van der Waals surface area contributed by atoms with E-state index in [-0.39, 0.29) is 5.91 Å². The van der Waals surface area contributed by atoms with E-state index in [4.69, 9.17) is 0 Å². The first-order valence-electron chi connectivity index (χ1n) is 5.40. The van der Waals surface area contributed by atoms with Crippen molar-refractivity contribution in [2.24, 2.45) is 0 Å². The molecular formula is C12H17BrN2O. The maximum absolute atomic E-state index is 11.2.